The lowest BCUT2D eigenvalue weighted by atomic mass is 10.2. The summed E-state index contributed by atoms with van der Waals surface area (Å²) in [6, 6.07) is 16.0. The molecule has 11 nitrogen and oxygen atoms in total. The number of hydrogen-bond donors (Lipinski definition) is 3. The molecule has 0 bridgehead atoms. The van der Waals surface area contributed by atoms with E-state index in [0.29, 0.717) is 24.0 Å². The molecule has 1 aliphatic rings. The van der Waals surface area contributed by atoms with Crippen LogP contribution in [0.3, 0.4) is 0 Å². The number of fused-ring (bicyclic) bond motifs is 2. The number of carboxylic acid groups (broad SMARTS) is 1. The second kappa shape index (κ2) is 12.0. The van der Waals surface area contributed by atoms with Gasteiger partial charge in [-0.15, -0.1) is 0 Å². The van der Waals surface area contributed by atoms with E-state index in [0.717, 1.165) is 64.5 Å². The van der Waals surface area contributed by atoms with Gasteiger partial charge >= 0.3 is 5.97 Å². The van der Waals surface area contributed by atoms with Crippen LogP contribution in [0.2, 0.25) is 0 Å². The first-order valence-corrected chi connectivity index (χ1v) is 14.2. The van der Waals surface area contributed by atoms with Gasteiger partial charge in [0.25, 0.3) is 0 Å². The zero-order valence-corrected chi connectivity index (χ0v) is 24.2. The number of ether oxygens (including phenoxy) is 1. The van der Waals surface area contributed by atoms with E-state index < -0.39 is 5.97 Å². The van der Waals surface area contributed by atoms with Gasteiger partial charge in [0, 0.05) is 55.8 Å². The maximum absolute atomic E-state index is 10.7. The number of anilines is 3. The number of aliphatic carboxylic acids is 1. The van der Waals surface area contributed by atoms with Crippen LogP contribution < -0.4 is 20.3 Å². The average molecular weight is 577 g/mol. The molecule has 11 heteroatoms. The van der Waals surface area contributed by atoms with Crippen LogP contribution in [0.4, 0.5) is 17.3 Å². The summed E-state index contributed by atoms with van der Waals surface area (Å²) in [5.41, 5.74) is 5.02. The normalized spacial score (nSPS) is 15.6. The SMILES string of the molecule is Cc1cc(Nc2ncnc3ccc(N4CCN[C@H](C)C4)nc23)ccc1Oc1ccc2c(c1)ncn2[C@H](C)CC#CC(=O)O. The van der Waals surface area contributed by atoms with Gasteiger partial charge in [-0.05, 0) is 68.8 Å². The molecule has 1 aliphatic heterocycles. The molecule has 1 saturated heterocycles. The topological polar surface area (TPSA) is 130 Å². The lowest BCUT2D eigenvalue weighted by Crippen LogP contribution is -2.49. The van der Waals surface area contributed by atoms with Crippen LogP contribution in [0.25, 0.3) is 22.1 Å². The minimum absolute atomic E-state index is 0.0227. The predicted molar refractivity (Wildman–Crippen MR) is 166 cm³/mol. The molecule has 6 rings (SSSR count). The molecule has 5 aromatic rings. The first kappa shape index (κ1) is 27.9. The van der Waals surface area contributed by atoms with Crippen molar-refractivity contribution in [2.45, 2.75) is 39.3 Å². The molecule has 218 valence electrons. The summed E-state index contributed by atoms with van der Waals surface area (Å²) in [6.45, 7) is 8.87. The number of aromatic nitrogens is 5. The Morgan fingerprint density at radius 1 is 1.16 bits per heavy atom. The Morgan fingerprint density at radius 3 is 2.86 bits per heavy atom. The number of aryl methyl sites for hydroxylation is 1. The molecular weight excluding hydrogens is 544 g/mol. The van der Waals surface area contributed by atoms with Crippen molar-refractivity contribution >= 4 is 45.4 Å². The minimum Gasteiger partial charge on any atom is -0.472 e. The number of hydrogen-bond acceptors (Lipinski definition) is 9. The molecule has 0 saturated carbocycles. The second-order valence-corrected chi connectivity index (χ2v) is 10.7. The molecular formula is C32H32N8O3. The molecule has 0 amide bonds. The van der Waals surface area contributed by atoms with Crippen molar-refractivity contribution in [2.24, 2.45) is 0 Å². The van der Waals surface area contributed by atoms with Crippen molar-refractivity contribution in [3.63, 3.8) is 0 Å². The Morgan fingerprint density at radius 2 is 2.05 bits per heavy atom. The molecule has 0 unspecified atom stereocenters. The molecule has 43 heavy (non-hydrogen) atoms. The quantitative estimate of drug-likeness (QED) is 0.226. The fraction of sp³-hybridized carbons (Fsp3) is 0.281. The number of nitrogens with zero attached hydrogens (tertiary/aromatic N) is 6. The van der Waals surface area contributed by atoms with Crippen molar-refractivity contribution in [3.8, 4) is 23.3 Å². The van der Waals surface area contributed by atoms with Gasteiger partial charge in [0.15, 0.2) is 5.82 Å². The minimum atomic E-state index is -1.13. The highest BCUT2D eigenvalue weighted by Gasteiger charge is 2.18. The summed E-state index contributed by atoms with van der Waals surface area (Å²) in [5.74, 6) is 6.68. The fourth-order valence-corrected chi connectivity index (χ4v) is 5.24. The molecule has 0 spiro atoms. The van der Waals surface area contributed by atoms with E-state index in [2.05, 4.69) is 49.3 Å². The zero-order chi connectivity index (χ0) is 29.9. The molecule has 3 aromatic heterocycles. The first-order chi connectivity index (χ1) is 20.8. The van der Waals surface area contributed by atoms with Crippen LogP contribution in [0.1, 0.15) is 31.9 Å². The highest BCUT2D eigenvalue weighted by atomic mass is 16.5. The van der Waals surface area contributed by atoms with Gasteiger partial charge in [-0.3, -0.25) is 0 Å². The number of pyridine rings is 1. The highest BCUT2D eigenvalue weighted by molar-refractivity contribution is 5.88. The van der Waals surface area contributed by atoms with Crippen LogP contribution >= 0.6 is 0 Å². The van der Waals surface area contributed by atoms with E-state index in [1.54, 1.807) is 12.7 Å². The van der Waals surface area contributed by atoms with E-state index in [9.17, 15) is 4.79 Å². The van der Waals surface area contributed by atoms with Gasteiger partial charge in [-0.25, -0.2) is 24.7 Å². The third kappa shape index (κ3) is 6.19. The number of rotatable bonds is 7. The number of benzene rings is 2. The van der Waals surface area contributed by atoms with Gasteiger partial charge < -0.3 is 29.9 Å². The molecule has 0 aliphatic carbocycles. The number of piperazine rings is 1. The third-order valence-electron chi connectivity index (χ3n) is 7.44. The summed E-state index contributed by atoms with van der Waals surface area (Å²) in [4.78, 5) is 31.3. The average Bonchev–Trinajstić information content (AvgIpc) is 3.42. The molecule has 3 N–H and O–H groups in total. The van der Waals surface area contributed by atoms with Crippen LogP contribution in [0.5, 0.6) is 11.5 Å². The maximum Gasteiger partial charge on any atom is 0.381 e. The van der Waals surface area contributed by atoms with Crippen molar-refractivity contribution in [2.75, 3.05) is 29.9 Å². The van der Waals surface area contributed by atoms with Crippen LogP contribution in [-0.4, -0.2) is 61.3 Å². The Labute approximate surface area is 249 Å². The van der Waals surface area contributed by atoms with Gasteiger partial charge in [0.2, 0.25) is 0 Å². The Hall–Kier alpha value is -5.21. The molecule has 1 fully saturated rings. The lowest BCUT2D eigenvalue weighted by molar-refractivity contribution is -0.130. The summed E-state index contributed by atoms with van der Waals surface area (Å²) in [5, 5.41) is 15.6. The maximum atomic E-state index is 10.7. The number of carboxylic acids is 1. The van der Waals surface area contributed by atoms with E-state index in [1.807, 2.05) is 66.9 Å². The first-order valence-electron chi connectivity index (χ1n) is 14.2. The second-order valence-electron chi connectivity index (χ2n) is 10.7. The number of carbonyl (C=O) groups is 1. The lowest BCUT2D eigenvalue weighted by Gasteiger charge is -2.32. The summed E-state index contributed by atoms with van der Waals surface area (Å²) >= 11 is 0. The van der Waals surface area contributed by atoms with Gasteiger partial charge in [-0.1, -0.05) is 5.92 Å². The predicted octanol–water partition coefficient (Wildman–Crippen LogP) is 5.06. The van der Waals surface area contributed by atoms with E-state index in [-0.39, 0.29) is 6.04 Å². The molecule has 2 aromatic carbocycles. The van der Waals surface area contributed by atoms with Gasteiger partial charge in [0.05, 0.1) is 22.9 Å². The van der Waals surface area contributed by atoms with Crippen molar-refractivity contribution in [1.29, 1.82) is 0 Å². The van der Waals surface area contributed by atoms with Crippen molar-refractivity contribution in [1.82, 2.24) is 29.8 Å². The Balaban J connectivity index is 1.18. The summed E-state index contributed by atoms with van der Waals surface area (Å²) in [6.07, 6.45) is 3.70. The number of nitrogens with one attached hydrogen (secondary N) is 2. The Kier molecular flexibility index (Phi) is 7.77. The van der Waals surface area contributed by atoms with E-state index in [4.69, 9.17) is 14.8 Å². The largest absolute Gasteiger partial charge is 0.472 e. The third-order valence-corrected chi connectivity index (χ3v) is 7.44. The highest BCUT2D eigenvalue weighted by Crippen LogP contribution is 2.32. The van der Waals surface area contributed by atoms with Crippen LogP contribution in [0.15, 0.2) is 61.2 Å². The zero-order valence-electron chi connectivity index (χ0n) is 24.2. The summed E-state index contributed by atoms with van der Waals surface area (Å²) in [7, 11) is 0. The van der Waals surface area contributed by atoms with Gasteiger partial charge in [-0.2, -0.15) is 0 Å². The standard InChI is InChI=1S/C32H32N8O3/c1-20-15-23(37-32-31-25(34-18-35-32)9-12-29(38-31)39-14-13-33-21(2)17-39)7-11-28(20)43-24-8-10-27-26(16-24)36-19-40(27)22(3)5-4-6-30(41)42/h7-12,15-16,18-19,21-22,33H,5,13-14,17H2,1-3H3,(H,41,42)(H,34,35,37)/t21-,22-/m1/s1. The fourth-order valence-electron chi connectivity index (χ4n) is 5.24. The van der Waals surface area contributed by atoms with Crippen molar-refractivity contribution in [3.05, 3.63) is 66.7 Å². The van der Waals surface area contributed by atoms with Crippen molar-refractivity contribution < 1.29 is 14.6 Å². The van der Waals surface area contributed by atoms with Crippen LogP contribution in [-0.2, 0) is 4.79 Å². The van der Waals surface area contributed by atoms with E-state index >= 15 is 0 Å². The molecule has 2 atom stereocenters. The molecule has 0 radical (unpaired) electrons. The molecule has 4 heterocycles. The number of imidazole rings is 1. The Bertz CT molecular complexity index is 1880. The van der Waals surface area contributed by atoms with E-state index in [1.165, 1.54) is 0 Å². The smallest absolute Gasteiger partial charge is 0.381 e. The van der Waals surface area contributed by atoms with Crippen LogP contribution in [0, 0.1) is 18.8 Å². The summed E-state index contributed by atoms with van der Waals surface area (Å²) < 4.78 is 8.22. The van der Waals surface area contributed by atoms with Gasteiger partial charge in [0.1, 0.15) is 29.2 Å². The monoisotopic (exact) mass is 576 g/mol.